The van der Waals surface area contributed by atoms with Gasteiger partial charge >= 0.3 is 6.18 Å². The lowest BCUT2D eigenvalue weighted by Crippen LogP contribution is -2.52. The minimum atomic E-state index is -4.44. The second kappa shape index (κ2) is 12.6. The van der Waals surface area contributed by atoms with Crippen molar-refractivity contribution < 1.29 is 22.3 Å². The van der Waals surface area contributed by atoms with Gasteiger partial charge in [-0.25, -0.2) is 9.37 Å². The molecule has 3 aromatic heterocycles. The van der Waals surface area contributed by atoms with E-state index in [4.69, 9.17) is 16.3 Å². The van der Waals surface area contributed by atoms with Gasteiger partial charge in [0.1, 0.15) is 18.5 Å². The lowest BCUT2D eigenvalue weighted by molar-refractivity contribution is -0.153. The zero-order valence-electron chi connectivity index (χ0n) is 22.7. The highest BCUT2D eigenvalue weighted by Gasteiger charge is 2.47. The summed E-state index contributed by atoms with van der Waals surface area (Å²) < 4.78 is 62.4. The Balaban J connectivity index is 0.000000226. The van der Waals surface area contributed by atoms with E-state index in [9.17, 15) is 27.2 Å². The van der Waals surface area contributed by atoms with Crippen molar-refractivity contribution in [3.8, 4) is 0 Å². The molecule has 0 radical (unpaired) electrons. The van der Waals surface area contributed by atoms with Crippen LogP contribution in [0, 0.1) is 0 Å². The number of ether oxygens (including phenoxy) is 1. The van der Waals surface area contributed by atoms with Crippen molar-refractivity contribution in [1.29, 1.82) is 0 Å². The van der Waals surface area contributed by atoms with E-state index in [1.807, 2.05) is 11.8 Å². The van der Waals surface area contributed by atoms with E-state index in [0.717, 1.165) is 13.0 Å². The van der Waals surface area contributed by atoms with E-state index in [-0.39, 0.29) is 48.3 Å². The summed E-state index contributed by atoms with van der Waals surface area (Å²) in [6.45, 7) is 4.15. The average Bonchev–Trinajstić information content (AvgIpc) is 3.37. The fraction of sp³-hybridized carbons (Fsp3) is 0.538. The SMILES string of the molecule is C[C@@H]1COCCN1c1cc(=O)n2c(n1)N(Cc1ccc(Cl)s1)[C@H](C(F)(F)F)CC2.O=c1cc(CF)nc2n1CCCN2. The summed E-state index contributed by atoms with van der Waals surface area (Å²) in [4.78, 5) is 36.4. The Morgan fingerprint density at radius 3 is 2.60 bits per heavy atom. The topological polar surface area (TPSA) is 97.5 Å². The van der Waals surface area contributed by atoms with Crippen molar-refractivity contribution in [2.45, 2.75) is 64.3 Å². The van der Waals surface area contributed by atoms with Crippen molar-refractivity contribution in [3.63, 3.8) is 0 Å². The summed E-state index contributed by atoms with van der Waals surface area (Å²) in [6.07, 6.45) is -3.74. The van der Waals surface area contributed by atoms with Crippen molar-refractivity contribution in [3.05, 3.63) is 59.9 Å². The summed E-state index contributed by atoms with van der Waals surface area (Å²) in [7, 11) is 0. The van der Waals surface area contributed by atoms with Crippen LogP contribution in [-0.2, 0) is 31.0 Å². The fourth-order valence-corrected chi connectivity index (χ4v) is 6.30. The van der Waals surface area contributed by atoms with Crippen molar-refractivity contribution in [1.82, 2.24) is 19.1 Å². The summed E-state index contributed by atoms with van der Waals surface area (Å²) in [6, 6.07) is 4.26. The lowest BCUT2D eigenvalue weighted by atomic mass is 10.1. The number of rotatable bonds is 4. The molecule has 0 amide bonds. The maximum absolute atomic E-state index is 13.8. The maximum Gasteiger partial charge on any atom is 0.408 e. The fourth-order valence-electron chi connectivity index (χ4n) is 5.21. The van der Waals surface area contributed by atoms with Crippen LogP contribution < -0.4 is 26.2 Å². The molecule has 16 heteroatoms. The van der Waals surface area contributed by atoms with Gasteiger partial charge in [0.15, 0.2) is 0 Å². The second-order valence-corrected chi connectivity index (χ2v) is 12.0. The van der Waals surface area contributed by atoms with E-state index in [1.165, 1.54) is 37.5 Å². The Morgan fingerprint density at radius 2 is 1.90 bits per heavy atom. The third-order valence-electron chi connectivity index (χ3n) is 7.27. The smallest absolute Gasteiger partial charge is 0.377 e. The number of aromatic nitrogens is 4. The highest BCUT2D eigenvalue weighted by Crippen LogP contribution is 2.36. The Morgan fingerprint density at radius 1 is 1.12 bits per heavy atom. The number of anilines is 3. The molecule has 0 unspecified atom stereocenters. The van der Waals surface area contributed by atoms with E-state index in [0.29, 0.717) is 47.3 Å². The molecule has 0 aromatic carbocycles. The van der Waals surface area contributed by atoms with E-state index >= 15 is 0 Å². The molecule has 3 aliphatic rings. The Hall–Kier alpha value is -3.17. The predicted octanol–water partition coefficient (Wildman–Crippen LogP) is 4.05. The van der Waals surface area contributed by atoms with Gasteiger partial charge in [0, 0.05) is 43.2 Å². The molecule has 1 fully saturated rings. The molecule has 0 spiro atoms. The Labute approximate surface area is 247 Å². The first-order chi connectivity index (χ1) is 20.0. The van der Waals surface area contributed by atoms with Gasteiger partial charge in [-0.1, -0.05) is 11.6 Å². The normalized spacial score (nSPS) is 20.2. The molecule has 42 heavy (non-hydrogen) atoms. The molecule has 6 heterocycles. The van der Waals surface area contributed by atoms with Crippen molar-refractivity contribution in [2.24, 2.45) is 0 Å². The zero-order chi connectivity index (χ0) is 30.0. The molecule has 2 atom stereocenters. The molecule has 228 valence electrons. The third kappa shape index (κ3) is 6.57. The van der Waals surface area contributed by atoms with Crippen molar-refractivity contribution >= 4 is 40.7 Å². The first kappa shape index (κ1) is 30.3. The molecule has 0 saturated carbocycles. The van der Waals surface area contributed by atoms with Crippen LogP contribution in [0.5, 0.6) is 0 Å². The van der Waals surface area contributed by atoms with E-state index in [2.05, 4.69) is 15.3 Å². The molecular formula is C26H30ClF4N7O3S. The van der Waals surface area contributed by atoms with E-state index in [1.54, 1.807) is 12.1 Å². The van der Waals surface area contributed by atoms with Gasteiger partial charge in [-0.15, -0.1) is 11.3 Å². The highest BCUT2D eigenvalue weighted by atomic mass is 35.5. The molecule has 1 saturated heterocycles. The molecule has 3 aromatic rings. The van der Waals surface area contributed by atoms with Gasteiger partial charge in [-0.3, -0.25) is 18.7 Å². The molecule has 0 aliphatic carbocycles. The Kier molecular flexibility index (Phi) is 9.08. The first-order valence-electron chi connectivity index (χ1n) is 13.5. The minimum Gasteiger partial charge on any atom is -0.377 e. The lowest BCUT2D eigenvalue weighted by Gasteiger charge is -2.40. The number of hydrogen-bond donors (Lipinski definition) is 1. The van der Waals surface area contributed by atoms with Crippen LogP contribution in [0.15, 0.2) is 33.9 Å². The molecule has 6 rings (SSSR count). The predicted molar refractivity (Wildman–Crippen MR) is 153 cm³/mol. The van der Waals surface area contributed by atoms with Crippen LogP contribution in [-0.4, -0.2) is 63.7 Å². The first-order valence-corrected chi connectivity index (χ1v) is 14.7. The van der Waals surface area contributed by atoms with Gasteiger partial charge in [0.05, 0.1) is 35.8 Å². The zero-order valence-corrected chi connectivity index (χ0v) is 24.3. The van der Waals surface area contributed by atoms with Crippen LogP contribution in [0.1, 0.15) is 30.3 Å². The number of nitrogens with zero attached hydrogens (tertiary/aromatic N) is 6. The summed E-state index contributed by atoms with van der Waals surface area (Å²) in [5, 5.41) is 2.96. The molecule has 0 bridgehead atoms. The molecule has 3 aliphatic heterocycles. The average molecular weight is 632 g/mol. The largest absolute Gasteiger partial charge is 0.408 e. The van der Waals surface area contributed by atoms with E-state index < -0.39 is 18.9 Å². The van der Waals surface area contributed by atoms with Crippen LogP contribution in [0.2, 0.25) is 4.34 Å². The number of morpholine rings is 1. The van der Waals surface area contributed by atoms with Crippen LogP contribution in [0.25, 0.3) is 0 Å². The van der Waals surface area contributed by atoms with Crippen LogP contribution >= 0.6 is 22.9 Å². The Bertz CT molecular complexity index is 1530. The summed E-state index contributed by atoms with van der Waals surface area (Å²) in [5.74, 6) is 0.921. The highest BCUT2D eigenvalue weighted by molar-refractivity contribution is 7.16. The monoisotopic (exact) mass is 631 g/mol. The summed E-state index contributed by atoms with van der Waals surface area (Å²) >= 11 is 7.18. The number of fused-ring (bicyclic) bond motifs is 2. The quantitative estimate of drug-likeness (QED) is 0.431. The second-order valence-electron chi connectivity index (χ2n) is 10.2. The number of halogens is 5. The molecule has 10 nitrogen and oxygen atoms in total. The third-order valence-corrected chi connectivity index (χ3v) is 8.48. The van der Waals surface area contributed by atoms with Crippen LogP contribution in [0.4, 0.5) is 35.3 Å². The maximum atomic E-state index is 13.8. The van der Waals surface area contributed by atoms with Crippen LogP contribution in [0.3, 0.4) is 0 Å². The number of alkyl halides is 4. The van der Waals surface area contributed by atoms with Gasteiger partial charge in [-0.05, 0) is 31.9 Å². The van der Waals surface area contributed by atoms with Gasteiger partial charge in [0.25, 0.3) is 11.1 Å². The number of thiophene rings is 1. The molecular weight excluding hydrogens is 602 g/mol. The summed E-state index contributed by atoms with van der Waals surface area (Å²) in [5.41, 5.74) is -0.325. The minimum absolute atomic E-state index is 0.0177. The van der Waals surface area contributed by atoms with Crippen molar-refractivity contribution in [2.75, 3.05) is 41.4 Å². The number of hydrogen-bond acceptors (Lipinski definition) is 9. The molecule has 1 N–H and O–H groups in total. The van der Waals surface area contributed by atoms with Gasteiger partial charge in [-0.2, -0.15) is 18.2 Å². The van der Waals surface area contributed by atoms with Gasteiger partial charge in [0.2, 0.25) is 11.9 Å². The van der Waals surface area contributed by atoms with Gasteiger partial charge < -0.3 is 19.9 Å². The standard InChI is InChI=1S/C18H20ClF3N4O2S.C8H10FN3O/c1-11-10-28-7-6-24(11)15-8-16(27)25-5-4-13(18(20,21)22)26(17(25)23-15)9-12-2-3-14(19)29-12;9-5-6-4-7(13)12-3-1-2-10-8(12)11-6/h2-3,8,11,13H,4-7,9-10H2,1H3;4H,1-3,5H2,(H,10,11)/t11-,13+;/m1./s1. The number of nitrogens with one attached hydrogen (secondary N) is 1.